The molecule has 3 aliphatic rings. The van der Waals surface area contributed by atoms with E-state index in [4.69, 9.17) is 0 Å². The normalized spacial score (nSPS) is 13.2. The minimum Gasteiger partial charge on any atom is -0.310 e. The van der Waals surface area contributed by atoms with Gasteiger partial charge in [-0.2, -0.15) is 13.2 Å². The molecule has 0 aromatic heterocycles. The summed E-state index contributed by atoms with van der Waals surface area (Å²) in [6.07, 6.45) is 24.1. The van der Waals surface area contributed by atoms with Crippen LogP contribution in [-0.4, -0.2) is 6.18 Å². The lowest BCUT2D eigenvalue weighted by atomic mass is 9.82. The maximum atomic E-state index is 12.6. The van der Waals surface area contributed by atoms with Gasteiger partial charge in [-0.1, -0.05) is 242 Å². The number of benzene rings is 7. The number of hydrogen-bond acceptors (Lipinski definition) is 1. The van der Waals surface area contributed by atoms with Crippen molar-refractivity contribution < 1.29 is 13.2 Å². The number of nitrogens with zero attached hydrogens (tertiary/aromatic N) is 1. The molecule has 0 saturated heterocycles. The Morgan fingerprint density at radius 3 is 1.64 bits per heavy atom. The van der Waals surface area contributed by atoms with Crippen LogP contribution in [0.3, 0.4) is 0 Å². The zero-order valence-corrected chi connectivity index (χ0v) is 46.9. The molecular formula is C71H84F3N. The van der Waals surface area contributed by atoms with Gasteiger partial charge in [0.15, 0.2) is 0 Å². The molecule has 1 nitrogen and oxygen atoms in total. The van der Waals surface area contributed by atoms with Gasteiger partial charge in [-0.15, -0.1) is 12.8 Å². The molecule has 2 atom stereocenters. The third-order valence-electron chi connectivity index (χ3n) is 12.9. The van der Waals surface area contributed by atoms with Crippen molar-refractivity contribution in [1.29, 1.82) is 0 Å². The molecule has 7 aromatic carbocycles. The number of hydrogen-bond donors (Lipinski definition) is 0. The molecule has 0 amide bonds. The van der Waals surface area contributed by atoms with E-state index in [2.05, 4.69) is 202 Å². The van der Waals surface area contributed by atoms with Gasteiger partial charge in [0, 0.05) is 16.9 Å². The van der Waals surface area contributed by atoms with Crippen molar-refractivity contribution in [2.75, 3.05) is 4.90 Å². The summed E-state index contributed by atoms with van der Waals surface area (Å²) in [7, 11) is 0. The molecule has 0 saturated carbocycles. The van der Waals surface area contributed by atoms with Gasteiger partial charge in [0.25, 0.3) is 0 Å². The Balaban J connectivity index is 0.000000302. The van der Waals surface area contributed by atoms with E-state index in [0.29, 0.717) is 0 Å². The largest absolute Gasteiger partial charge is 0.391 e. The lowest BCUT2D eigenvalue weighted by Gasteiger charge is -2.29. The molecule has 0 aliphatic heterocycles. The van der Waals surface area contributed by atoms with Crippen LogP contribution in [0.2, 0.25) is 0 Å². The van der Waals surface area contributed by atoms with Crippen molar-refractivity contribution in [1.82, 2.24) is 0 Å². The fourth-order valence-electron chi connectivity index (χ4n) is 9.17. The molecule has 10 rings (SSSR count). The Morgan fingerprint density at radius 1 is 0.547 bits per heavy atom. The van der Waals surface area contributed by atoms with E-state index in [1.165, 1.54) is 80.1 Å². The van der Waals surface area contributed by atoms with E-state index >= 15 is 0 Å². The fourth-order valence-corrected chi connectivity index (χ4v) is 9.17. The van der Waals surface area contributed by atoms with Crippen LogP contribution in [0, 0.1) is 38.5 Å². The summed E-state index contributed by atoms with van der Waals surface area (Å²) in [4.78, 5) is 2.40. The van der Waals surface area contributed by atoms with Crippen LogP contribution < -0.4 is 15.3 Å². The molecule has 0 radical (unpaired) electrons. The molecule has 0 N–H and O–H groups in total. The fraction of sp³-hybridized carbons (Fsp3) is 0.296. The maximum Gasteiger partial charge on any atom is 0.391 e. The van der Waals surface area contributed by atoms with Gasteiger partial charge in [0.05, 0.1) is 11.6 Å². The predicted octanol–water partition coefficient (Wildman–Crippen LogP) is 20.5. The lowest BCUT2D eigenvalue weighted by Crippen LogP contribution is -2.30. The number of para-hydroxylation sites is 2. The summed E-state index contributed by atoms with van der Waals surface area (Å²) in [5.41, 5.74) is 13.8. The van der Waals surface area contributed by atoms with Gasteiger partial charge in [0.1, 0.15) is 0 Å². The summed E-state index contributed by atoms with van der Waals surface area (Å²) < 4.78 is 37.8. The Labute approximate surface area is 451 Å². The summed E-state index contributed by atoms with van der Waals surface area (Å²) >= 11 is 0. The van der Waals surface area contributed by atoms with E-state index in [0.717, 1.165) is 48.2 Å². The second-order valence-corrected chi connectivity index (χ2v) is 18.0. The molecule has 0 spiro atoms. The molecule has 394 valence electrons. The Morgan fingerprint density at radius 2 is 1.09 bits per heavy atom. The van der Waals surface area contributed by atoms with Gasteiger partial charge in [-0.25, -0.2) is 0 Å². The highest BCUT2D eigenvalue weighted by atomic mass is 19.4. The summed E-state index contributed by atoms with van der Waals surface area (Å²) in [5, 5.41) is 5.26. The molecule has 0 fully saturated rings. The number of fused-ring (bicyclic) bond motifs is 3. The van der Waals surface area contributed by atoms with E-state index in [1.54, 1.807) is 0 Å². The SMILES string of the molecule is C#C.CC.CC.CC.CC(CC(C)C(F)(F)F)C1=Cc2ccccc2CC1.CC1=CCCC=C1.Cc1ccc2ccccc2c1-c1c(N(c2ccccc2)c2ccccc2)ccc2c1=CCCC=2.Cc1ccccc1. The van der Waals surface area contributed by atoms with E-state index < -0.39 is 12.1 Å². The first-order valence-corrected chi connectivity index (χ1v) is 27.2. The third-order valence-corrected chi connectivity index (χ3v) is 12.9. The average molecular weight is 1010 g/mol. The van der Waals surface area contributed by atoms with Crippen molar-refractivity contribution in [2.45, 2.75) is 127 Å². The van der Waals surface area contributed by atoms with Crippen molar-refractivity contribution >= 4 is 46.1 Å². The number of allylic oxidation sites excluding steroid dienone is 5. The Kier molecular flexibility index (Phi) is 27.9. The first-order chi connectivity index (χ1) is 36.5. The van der Waals surface area contributed by atoms with Crippen LogP contribution in [0.4, 0.5) is 30.2 Å². The minimum absolute atomic E-state index is 0.00928. The third kappa shape index (κ3) is 18.7. The summed E-state index contributed by atoms with van der Waals surface area (Å²) in [6, 6.07) is 57.7. The number of anilines is 3. The molecule has 0 bridgehead atoms. The number of alkyl halides is 3. The smallest absolute Gasteiger partial charge is 0.310 e. The first-order valence-electron chi connectivity index (χ1n) is 27.2. The van der Waals surface area contributed by atoms with Crippen LogP contribution in [0.15, 0.2) is 193 Å². The first kappa shape index (κ1) is 62.2. The van der Waals surface area contributed by atoms with Gasteiger partial charge in [-0.3, -0.25) is 0 Å². The number of terminal acetylenes is 1. The molecule has 4 heteroatoms. The van der Waals surface area contributed by atoms with Crippen molar-refractivity contribution in [3.63, 3.8) is 0 Å². The molecular weight excluding hydrogens is 924 g/mol. The predicted molar refractivity (Wildman–Crippen MR) is 325 cm³/mol. The molecule has 2 unspecified atom stereocenters. The second kappa shape index (κ2) is 33.7. The summed E-state index contributed by atoms with van der Waals surface area (Å²) in [6.45, 7) is 21.6. The van der Waals surface area contributed by atoms with Gasteiger partial charge in [-0.05, 0) is 145 Å². The topological polar surface area (TPSA) is 3.24 Å². The van der Waals surface area contributed by atoms with E-state index in [9.17, 15) is 13.2 Å². The van der Waals surface area contributed by atoms with Crippen molar-refractivity contribution in [3.8, 4) is 24.0 Å². The van der Waals surface area contributed by atoms with Crippen LogP contribution in [-0.2, 0) is 6.42 Å². The number of rotatable bonds is 7. The monoisotopic (exact) mass is 1010 g/mol. The molecule has 75 heavy (non-hydrogen) atoms. The second-order valence-electron chi connectivity index (χ2n) is 18.0. The van der Waals surface area contributed by atoms with Crippen LogP contribution >= 0.6 is 0 Å². The van der Waals surface area contributed by atoms with Gasteiger partial charge >= 0.3 is 6.18 Å². The zero-order chi connectivity index (χ0) is 55.2. The van der Waals surface area contributed by atoms with Crippen LogP contribution in [0.1, 0.15) is 123 Å². The number of halogens is 3. The van der Waals surface area contributed by atoms with E-state index in [1.807, 2.05) is 84.9 Å². The number of aryl methyl sites for hydroxylation is 3. The highest BCUT2D eigenvalue weighted by Gasteiger charge is 2.37. The molecule has 3 aliphatic carbocycles. The average Bonchev–Trinajstić information content (AvgIpc) is 3.46. The lowest BCUT2D eigenvalue weighted by molar-refractivity contribution is -0.172. The molecule has 0 heterocycles. The minimum atomic E-state index is -4.08. The van der Waals surface area contributed by atoms with E-state index in [-0.39, 0.29) is 12.3 Å². The van der Waals surface area contributed by atoms with Gasteiger partial charge < -0.3 is 4.90 Å². The van der Waals surface area contributed by atoms with Crippen LogP contribution in [0.5, 0.6) is 0 Å². The van der Waals surface area contributed by atoms with Crippen molar-refractivity contribution in [3.05, 3.63) is 226 Å². The standard InChI is InChI=1S/C33H27N.C16H19F3.C7H10.C7H8.3C2H6.C2H2/c1-24-20-21-25-12-8-10-18-29(25)32(24)33-30-19-11-9-13-26(30)22-23-31(33)34(27-14-4-2-5-15-27)28-16-6-3-7-17-28;1-11(9-12(2)16(17,18)19)14-8-7-13-5-3-4-6-15(13)10-14;2*1-7-5-3-2-4-6-7;4*1-2/h2-8,10,12-23H,9,11H2,1H3;3-6,10-12H,7-9H2,1-2H3;3,5-6H,2,4H2,1H3;2-6H,1H3;3*1-2H3;1-2H. The maximum absolute atomic E-state index is 12.6. The highest BCUT2D eigenvalue weighted by molar-refractivity contribution is 6.03. The highest BCUT2D eigenvalue weighted by Crippen LogP contribution is 2.42. The Hall–Kier alpha value is -7.09. The zero-order valence-electron chi connectivity index (χ0n) is 46.9. The van der Waals surface area contributed by atoms with Gasteiger partial charge in [0.2, 0.25) is 0 Å². The quantitative estimate of drug-likeness (QED) is 0.144. The molecule has 7 aromatic rings. The Bertz CT molecular complexity index is 2940. The van der Waals surface area contributed by atoms with Crippen molar-refractivity contribution in [2.24, 2.45) is 11.8 Å². The summed E-state index contributed by atoms with van der Waals surface area (Å²) in [5.74, 6) is -1.24. The van der Waals surface area contributed by atoms with Crippen LogP contribution in [0.25, 0.3) is 40.1 Å².